The van der Waals surface area contributed by atoms with Gasteiger partial charge in [-0.25, -0.2) is 0 Å². The minimum atomic E-state index is 0.127. The van der Waals surface area contributed by atoms with Gasteiger partial charge in [0.15, 0.2) is 11.6 Å². The van der Waals surface area contributed by atoms with Gasteiger partial charge in [0.25, 0.3) is 0 Å². The van der Waals surface area contributed by atoms with Crippen molar-refractivity contribution in [3.63, 3.8) is 0 Å². The Labute approximate surface area is 124 Å². The lowest BCUT2D eigenvalue weighted by Gasteiger charge is -2.17. The van der Waals surface area contributed by atoms with E-state index in [4.69, 9.17) is 0 Å². The van der Waals surface area contributed by atoms with E-state index in [1.807, 2.05) is 30.3 Å². The van der Waals surface area contributed by atoms with Crippen molar-refractivity contribution < 1.29 is 9.59 Å². The van der Waals surface area contributed by atoms with Gasteiger partial charge in [-0.05, 0) is 36.2 Å². The molecular formula is C19H18O2. The molecule has 0 aromatic heterocycles. The van der Waals surface area contributed by atoms with Crippen LogP contribution in [-0.2, 0) is 4.79 Å². The number of ketones is 2. The zero-order chi connectivity index (χ0) is 14.4. The highest BCUT2D eigenvalue weighted by molar-refractivity contribution is 6.02. The van der Waals surface area contributed by atoms with Crippen molar-refractivity contribution in [3.8, 4) is 0 Å². The van der Waals surface area contributed by atoms with E-state index in [2.05, 4.69) is 18.2 Å². The summed E-state index contributed by atoms with van der Waals surface area (Å²) < 4.78 is 0. The molecule has 3 aliphatic carbocycles. The first-order valence-electron chi connectivity index (χ1n) is 7.75. The van der Waals surface area contributed by atoms with Gasteiger partial charge >= 0.3 is 0 Å². The van der Waals surface area contributed by atoms with Gasteiger partial charge in [0.2, 0.25) is 0 Å². The van der Waals surface area contributed by atoms with Crippen LogP contribution in [0, 0.1) is 23.7 Å². The summed E-state index contributed by atoms with van der Waals surface area (Å²) in [6.45, 7) is 0. The molecule has 106 valence electrons. The Balaban J connectivity index is 1.44. The highest BCUT2D eigenvalue weighted by Crippen LogP contribution is 2.53. The van der Waals surface area contributed by atoms with Crippen LogP contribution in [0.5, 0.6) is 0 Å². The summed E-state index contributed by atoms with van der Waals surface area (Å²) in [5.74, 6) is 2.04. The third kappa shape index (κ3) is 2.01. The van der Waals surface area contributed by atoms with E-state index in [1.165, 1.54) is 0 Å². The molecule has 0 N–H and O–H groups in total. The molecular weight excluding hydrogens is 260 g/mol. The molecule has 4 rings (SSSR count). The van der Waals surface area contributed by atoms with Crippen LogP contribution in [0.25, 0.3) is 0 Å². The topological polar surface area (TPSA) is 34.1 Å². The SMILES string of the molecule is O=C(CCC1=C[C@@H]2[C@H](C1=O)[C@@H]1C=C[C@H]2C1)c1ccccc1. The normalized spacial score (nSPS) is 32.4. The Morgan fingerprint density at radius 2 is 1.86 bits per heavy atom. The lowest BCUT2D eigenvalue weighted by molar-refractivity contribution is -0.119. The van der Waals surface area contributed by atoms with Gasteiger partial charge in [-0.3, -0.25) is 9.59 Å². The monoisotopic (exact) mass is 278 g/mol. The molecule has 21 heavy (non-hydrogen) atoms. The van der Waals surface area contributed by atoms with Crippen molar-refractivity contribution in [3.05, 3.63) is 59.7 Å². The second-order valence-electron chi connectivity index (χ2n) is 6.40. The maximum atomic E-state index is 12.5. The van der Waals surface area contributed by atoms with Gasteiger partial charge in [0.1, 0.15) is 0 Å². The first kappa shape index (κ1) is 12.8. The van der Waals surface area contributed by atoms with Crippen LogP contribution in [0.4, 0.5) is 0 Å². The Hall–Kier alpha value is -1.96. The molecule has 3 aliphatic rings. The highest BCUT2D eigenvalue weighted by atomic mass is 16.1. The number of carbonyl (C=O) groups excluding carboxylic acids is 2. The summed E-state index contributed by atoms with van der Waals surface area (Å²) in [4.78, 5) is 24.7. The van der Waals surface area contributed by atoms with Gasteiger partial charge in [-0.1, -0.05) is 48.6 Å². The first-order valence-corrected chi connectivity index (χ1v) is 7.75. The Bertz CT molecular complexity index is 653. The lowest BCUT2D eigenvalue weighted by Crippen LogP contribution is -2.21. The molecule has 0 amide bonds. The summed E-state index contributed by atoms with van der Waals surface area (Å²) in [6.07, 6.45) is 8.83. The third-order valence-electron chi connectivity index (χ3n) is 5.25. The fourth-order valence-electron chi connectivity index (χ4n) is 4.21. The standard InChI is InChI=1S/C19H18O2/c20-17(12-4-2-1-3-5-12)9-8-15-11-16-13-6-7-14(10-13)18(16)19(15)21/h1-7,11,13-14,16,18H,8-10H2/t13-,14+,16-,18+/m0/s1. The van der Waals surface area contributed by atoms with Crippen molar-refractivity contribution in [2.24, 2.45) is 23.7 Å². The van der Waals surface area contributed by atoms with Crippen LogP contribution in [0.1, 0.15) is 29.6 Å². The average molecular weight is 278 g/mol. The largest absolute Gasteiger partial charge is 0.294 e. The minimum absolute atomic E-state index is 0.127. The molecule has 0 unspecified atom stereocenters. The van der Waals surface area contributed by atoms with Crippen LogP contribution in [0.2, 0.25) is 0 Å². The molecule has 2 nitrogen and oxygen atoms in total. The predicted octanol–water partition coefficient (Wildman–Crippen LogP) is 3.60. The second kappa shape index (κ2) is 4.80. The number of allylic oxidation sites excluding steroid dienone is 4. The van der Waals surface area contributed by atoms with Crippen LogP contribution < -0.4 is 0 Å². The molecule has 0 radical (unpaired) electrons. The lowest BCUT2D eigenvalue weighted by atomic mass is 9.85. The zero-order valence-electron chi connectivity index (χ0n) is 11.9. The van der Waals surface area contributed by atoms with Crippen molar-refractivity contribution in [2.45, 2.75) is 19.3 Å². The molecule has 0 aliphatic heterocycles. The van der Waals surface area contributed by atoms with Crippen LogP contribution in [0.15, 0.2) is 54.1 Å². The molecule has 1 aromatic rings. The number of hydrogen-bond acceptors (Lipinski definition) is 2. The molecule has 4 atom stereocenters. The van der Waals surface area contributed by atoms with E-state index in [0.717, 1.165) is 17.6 Å². The van der Waals surface area contributed by atoms with E-state index in [1.54, 1.807) is 0 Å². The molecule has 1 aromatic carbocycles. The summed E-state index contributed by atoms with van der Waals surface area (Å²) in [5, 5.41) is 0. The summed E-state index contributed by atoms with van der Waals surface area (Å²) >= 11 is 0. The smallest absolute Gasteiger partial charge is 0.163 e. The maximum Gasteiger partial charge on any atom is 0.163 e. The van der Waals surface area contributed by atoms with Gasteiger partial charge in [0, 0.05) is 17.9 Å². The van der Waals surface area contributed by atoms with Gasteiger partial charge in [-0.2, -0.15) is 0 Å². The van der Waals surface area contributed by atoms with E-state index in [9.17, 15) is 9.59 Å². The Kier molecular flexibility index (Phi) is 2.91. The number of rotatable bonds is 4. The van der Waals surface area contributed by atoms with E-state index < -0.39 is 0 Å². The molecule has 2 bridgehead atoms. The molecule has 1 saturated carbocycles. The van der Waals surface area contributed by atoms with Crippen molar-refractivity contribution in [1.82, 2.24) is 0 Å². The molecule has 0 saturated heterocycles. The molecule has 2 heteroatoms. The summed E-state index contributed by atoms with van der Waals surface area (Å²) in [6, 6.07) is 9.34. The quantitative estimate of drug-likeness (QED) is 0.623. The third-order valence-corrected chi connectivity index (χ3v) is 5.25. The summed E-state index contributed by atoms with van der Waals surface area (Å²) in [5.41, 5.74) is 1.64. The number of hydrogen-bond donors (Lipinski definition) is 0. The predicted molar refractivity (Wildman–Crippen MR) is 80.8 cm³/mol. The Morgan fingerprint density at radius 3 is 2.62 bits per heavy atom. The van der Waals surface area contributed by atoms with Crippen molar-refractivity contribution >= 4 is 11.6 Å². The first-order chi connectivity index (χ1) is 10.2. The fraction of sp³-hybridized carbons (Fsp3) is 0.368. The zero-order valence-corrected chi connectivity index (χ0v) is 11.9. The fourth-order valence-corrected chi connectivity index (χ4v) is 4.21. The molecule has 1 fully saturated rings. The maximum absolute atomic E-state index is 12.5. The van der Waals surface area contributed by atoms with Gasteiger partial charge in [-0.15, -0.1) is 0 Å². The highest BCUT2D eigenvalue weighted by Gasteiger charge is 2.50. The van der Waals surface area contributed by atoms with Gasteiger partial charge < -0.3 is 0 Å². The number of Topliss-reactive ketones (excluding diaryl/α,β-unsaturated/α-hetero) is 2. The Morgan fingerprint density at radius 1 is 1.10 bits per heavy atom. The van der Waals surface area contributed by atoms with Gasteiger partial charge in [0.05, 0.1) is 0 Å². The minimum Gasteiger partial charge on any atom is -0.294 e. The van der Waals surface area contributed by atoms with Crippen molar-refractivity contribution in [2.75, 3.05) is 0 Å². The number of fused-ring (bicyclic) bond motifs is 5. The molecule has 0 spiro atoms. The van der Waals surface area contributed by atoms with E-state index >= 15 is 0 Å². The van der Waals surface area contributed by atoms with Crippen molar-refractivity contribution in [1.29, 1.82) is 0 Å². The van der Waals surface area contributed by atoms with Crippen LogP contribution in [0.3, 0.4) is 0 Å². The van der Waals surface area contributed by atoms with E-state index in [0.29, 0.717) is 36.4 Å². The average Bonchev–Trinajstić information content (AvgIpc) is 3.19. The second-order valence-corrected chi connectivity index (χ2v) is 6.40. The van der Waals surface area contributed by atoms with E-state index in [-0.39, 0.29) is 11.7 Å². The summed E-state index contributed by atoms with van der Waals surface area (Å²) in [7, 11) is 0. The number of benzene rings is 1. The van der Waals surface area contributed by atoms with Crippen LogP contribution >= 0.6 is 0 Å². The number of carbonyl (C=O) groups is 2. The molecule has 0 heterocycles. The van der Waals surface area contributed by atoms with Crippen LogP contribution in [-0.4, -0.2) is 11.6 Å².